The van der Waals surface area contributed by atoms with E-state index in [0.29, 0.717) is 5.54 Å². The van der Waals surface area contributed by atoms with Gasteiger partial charge in [-0.2, -0.15) is 0 Å². The zero-order chi connectivity index (χ0) is 8.32. The third-order valence-corrected chi connectivity index (χ3v) is 2.91. The number of hydrogen-bond acceptors (Lipinski definition) is 2. The van der Waals surface area contributed by atoms with Crippen LogP contribution in [0.2, 0.25) is 0 Å². The summed E-state index contributed by atoms with van der Waals surface area (Å²) in [6, 6.07) is 0. The molecular weight excluding hydrogens is 136 g/mol. The quantitative estimate of drug-likeness (QED) is 0.620. The van der Waals surface area contributed by atoms with Crippen molar-refractivity contribution in [2.24, 2.45) is 5.92 Å². The highest BCUT2D eigenvalue weighted by Gasteiger charge is 2.50. The first-order valence-corrected chi connectivity index (χ1v) is 4.68. The lowest BCUT2D eigenvalue weighted by Gasteiger charge is -2.16. The molecule has 0 radical (unpaired) electrons. The Bertz CT molecular complexity index is 125. The normalized spacial score (nSPS) is 35.7. The second-order valence-corrected chi connectivity index (χ2v) is 3.50. The molecule has 1 aliphatic carbocycles. The summed E-state index contributed by atoms with van der Waals surface area (Å²) >= 11 is 0. The molecule has 0 bridgehead atoms. The van der Waals surface area contributed by atoms with Crippen molar-refractivity contribution in [3.05, 3.63) is 0 Å². The Hall–Kier alpha value is -0.0800. The van der Waals surface area contributed by atoms with Crippen molar-refractivity contribution in [2.45, 2.75) is 32.2 Å². The van der Waals surface area contributed by atoms with Crippen LogP contribution in [0.4, 0.5) is 0 Å². The Balaban J connectivity index is 2.27. The van der Waals surface area contributed by atoms with Gasteiger partial charge in [0.2, 0.25) is 0 Å². The summed E-state index contributed by atoms with van der Waals surface area (Å²) < 4.78 is 0. The van der Waals surface area contributed by atoms with Crippen LogP contribution < -0.4 is 10.6 Å². The van der Waals surface area contributed by atoms with Crippen LogP contribution in [-0.2, 0) is 0 Å². The highest BCUT2D eigenvalue weighted by molar-refractivity contribution is 5.10. The third kappa shape index (κ3) is 1.74. The molecule has 0 aromatic rings. The van der Waals surface area contributed by atoms with E-state index in [4.69, 9.17) is 0 Å². The fourth-order valence-electron chi connectivity index (χ4n) is 1.87. The van der Waals surface area contributed by atoms with Crippen LogP contribution in [0.25, 0.3) is 0 Å². The van der Waals surface area contributed by atoms with E-state index in [1.54, 1.807) is 0 Å². The first-order chi connectivity index (χ1) is 5.29. The summed E-state index contributed by atoms with van der Waals surface area (Å²) in [6.45, 7) is 6.65. The van der Waals surface area contributed by atoms with Crippen molar-refractivity contribution < 1.29 is 0 Å². The van der Waals surface area contributed by atoms with Crippen LogP contribution in [0.15, 0.2) is 0 Å². The molecule has 11 heavy (non-hydrogen) atoms. The van der Waals surface area contributed by atoms with E-state index in [1.165, 1.54) is 12.8 Å². The van der Waals surface area contributed by atoms with Gasteiger partial charge in [0.15, 0.2) is 0 Å². The van der Waals surface area contributed by atoms with E-state index in [2.05, 4.69) is 31.5 Å². The Morgan fingerprint density at radius 1 is 1.45 bits per heavy atom. The van der Waals surface area contributed by atoms with E-state index in [1.807, 2.05) is 0 Å². The maximum absolute atomic E-state index is 3.43. The molecule has 0 amide bonds. The van der Waals surface area contributed by atoms with Crippen molar-refractivity contribution in [3.63, 3.8) is 0 Å². The summed E-state index contributed by atoms with van der Waals surface area (Å²) in [6.07, 6.45) is 2.67. The molecule has 0 spiro atoms. The average molecular weight is 156 g/mol. The lowest BCUT2D eigenvalue weighted by molar-refractivity contribution is 0.458. The van der Waals surface area contributed by atoms with Crippen molar-refractivity contribution in [1.82, 2.24) is 10.6 Å². The first-order valence-electron chi connectivity index (χ1n) is 4.68. The fourth-order valence-corrected chi connectivity index (χ4v) is 1.87. The Morgan fingerprint density at radius 3 is 2.55 bits per heavy atom. The molecule has 0 heterocycles. The maximum atomic E-state index is 3.43. The molecule has 0 saturated heterocycles. The Morgan fingerprint density at radius 2 is 2.18 bits per heavy atom. The van der Waals surface area contributed by atoms with Crippen LogP contribution in [-0.4, -0.2) is 25.7 Å². The maximum Gasteiger partial charge on any atom is 0.0335 e. The highest BCUT2D eigenvalue weighted by atomic mass is 15.1. The van der Waals surface area contributed by atoms with Gasteiger partial charge in [0.1, 0.15) is 0 Å². The summed E-state index contributed by atoms with van der Waals surface area (Å²) in [5, 5.41) is 6.83. The monoisotopic (exact) mass is 156 g/mol. The molecule has 0 aliphatic heterocycles. The molecule has 1 aliphatic rings. The van der Waals surface area contributed by atoms with Gasteiger partial charge < -0.3 is 10.6 Å². The number of hydrogen-bond donors (Lipinski definition) is 2. The van der Waals surface area contributed by atoms with Crippen molar-refractivity contribution in [1.29, 1.82) is 0 Å². The molecule has 0 unspecified atom stereocenters. The third-order valence-electron chi connectivity index (χ3n) is 2.91. The van der Waals surface area contributed by atoms with Gasteiger partial charge >= 0.3 is 0 Å². The van der Waals surface area contributed by atoms with Gasteiger partial charge in [-0.25, -0.2) is 0 Å². The zero-order valence-corrected chi connectivity index (χ0v) is 7.91. The first kappa shape index (κ1) is 9.01. The zero-order valence-electron chi connectivity index (χ0n) is 7.91. The minimum atomic E-state index is 0.449. The summed E-state index contributed by atoms with van der Waals surface area (Å²) in [4.78, 5) is 0. The van der Waals surface area contributed by atoms with Crippen LogP contribution in [0.1, 0.15) is 26.7 Å². The molecule has 2 atom stereocenters. The second-order valence-electron chi connectivity index (χ2n) is 3.50. The molecule has 66 valence electrons. The minimum absolute atomic E-state index is 0.449. The molecule has 1 saturated carbocycles. The van der Waals surface area contributed by atoms with Crippen LogP contribution in [0.5, 0.6) is 0 Å². The Kier molecular flexibility index (Phi) is 2.90. The number of rotatable bonds is 5. The average Bonchev–Trinajstić information content (AvgIpc) is 2.76. The van der Waals surface area contributed by atoms with E-state index >= 15 is 0 Å². The van der Waals surface area contributed by atoms with Crippen LogP contribution in [0.3, 0.4) is 0 Å². The van der Waals surface area contributed by atoms with Crippen molar-refractivity contribution in [3.8, 4) is 0 Å². The SMILES string of the molecule is CCNC[C@]1(NC)C[C@@H]1CC. The molecule has 1 fully saturated rings. The van der Waals surface area contributed by atoms with Crippen molar-refractivity contribution >= 4 is 0 Å². The molecule has 0 aromatic carbocycles. The highest BCUT2D eigenvalue weighted by Crippen LogP contribution is 2.44. The predicted octanol–water partition coefficient (Wildman–Crippen LogP) is 0.984. The van der Waals surface area contributed by atoms with Crippen LogP contribution in [0, 0.1) is 5.92 Å². The molecular formula is C9H20N2. The van der Waals surface area contributed by atoms with E-state index in [0.717, 1.165) is 19.0 Å². The lowest BCUT2D eigenvalue weighted by atomic mass is 10.1. The molecule has 1 rings (SSSR count). The number of nitrogens with one attached hydrogen (secondary N) is 2. The van der Waals surface area contributed by atoms with Crippen LogP contribution >= 0.6 is 0 Å². The van der Waals surface area contributed by atoms with Gasteiger partial charge in [-0.15, -0.1) is 0 Å². The van der Waals surface area contributed by atoms with E-state index < -0.39 is 0 Å². The molecule has 0 aromatic heterocycles. The minimum Gasteiger partial charge on any atom is -0.315 e. The Labute approximate surface area is 69.8 Å². The van der Waals surface area contributed by atoms with Gasteiger partial charge in [-0.05, 0) is 25.9 Å². The largest absolute Gasteiger partial charge is 0.315 e. The van der Waals surface area contributed by atoms with Crippen molar-refractivity contribution in [2.75, 3.05) is 20.1 Å². The molecule has 2 heteroatoms. The fraction of sp³-hybridized carbons (Fsp3) is 1.00. The topological polar surface area (TPSA) is 24.1 Å². The molecule has 2 nitrogen and oxygen atoms in total. The molecule has 2 N–H and O–H groups in total. The predicted molar refractivity (Wildman–Crippen MR) is 48.7 cm³/mol. The second kappa shape index (κ2) is 3.55. The lowest BCUT2D eigenvalue weighted by Crippen LogP contribution is -2.40. The smallest absolute Gasteiger partial charge is 0.0335 e. The van der Waals surface area contributed by atoms with Gasteiger partial charge in [0.05, 0.1) is 0 Å². The number of likely N-dealkylation sites (N-methyl/N-ethyl adjacent to an activating group) is 2. The van der Waals surface area contributed by atoms with Gasteiger partial charge in [0.25, 0.3) is 0 Å². The summed E-state index contributed by atoms with van der Waals surface area (Å²) in [7, 11) is 2.08. The van der Waals surface area contributed by atoms with Gasteiger partial charge in [-0.1, -0.05) is 20.3 Å². The standard InChI is InChI=1S/C9H20N2/c1-4-8-6-9(8,10-3)7-11-5-2/h8,10-11H,4-7H2,1-3H3/t8-,9+/m0/s1. The van der Waals surface area contributed by atoms with Gasteiger partial charge in [-0.3, -0.25) is 0 Å². The summed E-state index contributed by atoms with van der Waals surface area (Å²) in [5.41, 5.74) is 0.449. The van der Waals surface area contributed by atoms with E-state index in [-0.39, 0.29) is 0 Å². The van der Waals surface area contributed by atoms with Gasteiger partial charge in [0, 0.05) is 12.1 Å². The van der Waals surface area contributed by atoms with E-state index in [9.17, 15) is 0 Å². The summed E-state index contributed by atoms with van der Waals surface area (Å²) in [5.74, 6) is 0.909.